The van der Waals surface area contributed by atoms with Crippen molar-refractivity contribution in [2.75, 3.05) is 4.90 Å². The second-order valence-electron chi connectivity index (χ2n) is 5.32. The van der Waals surface area contributed by atoms with E-state index in [1.807, 2.05) is 0 Å². The van der Waals surface area contributed by atoms with Gasteiger partial charge in [0.25, 0.3) is 0 Å². The number of allylic oxidation sites excluding steroid dienone is 2. The summed E-state index contributed by atoms with van der Waals surface area (Å²) in [6.45, 7) is 0. The lowest BCUT2D eigenvalue weighted by Crippen LogP contribution is -2.30. The summed E-state index contributed by atoms with van der Waals surface area (Å²) in [6, 6.07) is 11.1. The van der Waals surface area contributed by atoms with Crippen LogP contribution >= 0.6 is 0 Å². The van der Waals surface area contributed by atoms with E-state index in [-0.39, 0.29) is 5.75 Å². The molecule has 2 aromatic rings. The molecule has 0 saturated carbocycles. The van der Waals surface area contributed by atoms with Crippen LogP contribution < -0.4 is 9.64 Å². The molecular weight excluding hydrogens is 338 g/mol. The number of ether oxygens (including phenoxy) is 1. The summed E-state index contributed by atoms with van der Waals surface area (Å²) in [5.41, 5.74) is 1.73. The molecule has 1 N–H and O–H groups in total. The van der Waals surface area contributed by atoms with Crippen LogP contribution in [0, 0.1) is 5.82 Å². The van der Waals surface area contributed by atoms with E-state index in [4.69, 9.17) is 0 Å². The molecule has 3 rings (SSSR count). The number of aliphatic hydroxyl groups excluding tert-OH is 1. The Bertz CT molecular complexity index is 813. The molecule has 0 amide bonds. The van der Waals surface area contributed by atoms with Gasteiger partial charge in [-0.25, -0.2) is 4.39 Å². The molecule has 3 nitrogen and oxygen atoms in total. The van der Waals surface area contributed by atoms with E-state index < -0.39 is 18.4 Å². The molecule has 2 aromatic carbocycles. The van der Waals surface area contributed by atoms with E-state index in [1.165, 1.54) is 35.2 Å². The summed E-state index contributed by atoms with van der Waals surface area (Å²) in [5, 5.41) is 10.1. The molecule has 1 unspecified atom stereocenters. The van der Waals surface area contributed by atoms with Gasteiger partial charge in [-0.2, -0.15) is 0 Å². The Morgan fingerprint density at radius 1 is 1.04 bits per heavy atom. The lowest BCUT2D eigenvalue weighted by Gasteiger charge is -2.28. The van der Waals surface area contributed by atoms with Crippen molar-refractivity contribution in [1.29, 1.82) is 0 Å². The van der Waals surface area contributed by atoms with Crippen molar-refractivity contribution in [3.8, 4) is 5.75 Å². The van der Waals surface area contributed by atoms with E-state index in [1.54, 1.807) is 24.4 Å². The number of alkyl halides is 3. The number of benzene rings is 2. The summed E-state index contributed by atoms with van der Waals surface area (Å²) >= 11 is 0. The number of anilines is 1. The van der Waals surface area contributed by atoms with Gasteiger partial charge in [0.1, 0.15) is 17.8 Å². The molecule has 1 aliphatic heterocycles. The predicted octanol–water partition coefficient (Wildman–Crippen LogP) is 4.46. The largest absolute Gasteiger partial charge is 0.573 e. The normalized spacial score (nSPS) is 17.4. The third-order valence-electron chi connectivity index (χ3n) is 3.54. The second-order valence-corrected chi connectivity index (χ2v) is 5.32. The van der Waals surface area contributed by atoms with Gasteiger partial charge in [-0.3, -0.25) is 0 Å². The van der Waals surface area contributed by atoms with Crippen molar-refractivity contribution in [1.82, 2.24) is 0 Å². The van der Waals surface area contributed by atoms with Gasteiger partial charge in [0.2, 0.25) is 0 Å². The number of hydrogen-bond acceptors (Lipinski definition) is 3. The lowest BCUT2D eigenvalue weighted by molar-refractivity contribution is -0.274. The van der Waals surface area contributed by atoms with E-state index in [9.17, 15) is 22.7 Å². The first kappa shape index (κ1) is 17.0. The number of aliphatic hydroxyl groups is 1. The average molecular weight is 351 g/mol. The van der Waals surface area contributed by atoms with Crippen LogP contribution in [0.1, 0.15) is 5.56 Å². The predicted molar refractivity (Wildman–Crippen MR) is 85.1 cm³/mol. The molecule has 1 aliphatic rings. The first-order valence-corrected chi connectivity index (χ1v) is 7.30. The van der Waals surface area contributed by atoms with E-state index in [0.29, 0.717) is 16.8 Å². The van der Waals surface area contributed by atoms with Crippen molar-refractivity contribution < 1.29 is 27.4 Å². The Balaban J connectivity index is 1.86. The van der Waals surface area contributed by atoms with Crippen LogP contribution in [0.3, 0.4) is 0 Å². The molecule has 0 spiro atoms. The fourth-order valence-corrected chi connectivity index (χ4v) is 2.44. The zero-order valence-corrected chi connectivity index (χ0v) is 12.7. The van der Waals surface area contributed by atoms with Crippen molar-refractivity contribution >= 4 is 11.3 Å². The second kappa shape index (κ2) is 6.60. The van der Waals surface area contributed by atoms with Gasteiger partial charge >= 0.3 is 6.36 Å². The average Bonchev–Trinajstić information content (AvgIpc) is 2.55. The zero-order chi connectivity index (χ0) is 18.0. The Labute approximate surface area is 141 Å². The minimum atomic E-state index is -4.76. The summed E-state index contributed by atoms with van der Waals surface area (Å²) in [6.07, 6.45) is -1.01. The third-order valence-corrected chi connectivity index (χ3v) is 3.54. The third kappa shape index (κ3) is 4.19. The summed E-state index contributed by atoms with van der Waals surface area (Å²) in [7, 11) is 0. The Kier molecular flexibility index (Phi) is 4.50. The van der Waals surface area contributed by atoms with Gasteiger partial charge in [-0.15, -0.1) is 13.2 Å². The minimum absolute atomic E-state index is 0.354. The number of nitrogens with zero attached hydrogens (tertiary/aromatic N) is 1. The number of hydrogen-bond donors (Lipinski definition) is 1. The number of halogens is 4. The fourth-order valence-electron chi connectivity index (χ4n) is 2.44. The van der Waals surface area contributed by atoms with Gasteiger partial charge in [-0.1, -0.05) is 18.2 Å². The van der Waals surface area contributed by atoms with Crippen LogP contribution in [-0.2, 0) is 0 Å². The van der Waals surface area contributed by atoms with Gasteiger partial charge in [0.15, 0.2) is 0 Å². The monoisotopic (exact) mass is 351 g/mol. The van der Waals surface area contributed by atoms with Crippen LogP contribution in [0.4, 0.5) is 23.2 Å². The standard InChI is InChI=1S/C18H13F4NO2/c19-14-3-1-2-12(10-14)13-4-9-17(24)23(11-13)15-5-7-16(8-6-15)25-18(20,21)22/h1-11,17,24H. The minimum Gasteiger partial charge on any atom is -0.406 e. The Hall–Kier alpha value is -2.80. The molecule has 1 heterocycles. The highest BCUT2D eigenvalue weighted by molar-refractivity contribution is 5.78. The first-order chi connectivity index (χ1) is 11.8. The molecule has 7 heteroatoms. The maximum absolute atomic E-state index is 13.4. The van der Waals surface area contributed by atoms with Gasteiger partial charge < -0.3 is 14.7 Å². The molecule has 25 heavy (non-hydrogen) atoms. The number of rotatable bonds is 3. The van der Waals surface area contributed by atoms with E-state index >= 15 is 0 Å². The summed E-state index contributed by atoms with van der Waals surface area (Å²) < 4.78 is 53.8. The fraction of sp³-hybridized carbons (Fsp3) is 0.111. The lowest BCUT2D eigenvalue weighted by atomic mass is 10.0. The maximum atomic E-state index is 13.4. The molecule has 0 bridgehead atoms. The van der Waals surface area contributed by atoms with Gasteiger partial charge in [0, 0.05) is 11.9 Å². The quantitative estimate of drug-likeness (QED) is 0.829. The Morgan fingerprint density at radius 2 is 1.76 bits per heavy atom. The van der Waals surface area contributed by atoms with Crippen LogP contribution in [0.25, 0.3) is 5.57 Å². The summed E-state index contributed by atoms with van der Waals surface area (Å²) in [4.78, 5) is 1.46. The summed E-state index contributed by atoms with van der Waals surface area (Å²) in [5.74, 6) is -0.745. The van der Waals surface area contributed by atoms with Crippen LogP contribution in [0.2, 0.25) is 0 Å². The van der Waals surface area contributed by atoms with Crippen molar-refractivity contribution in [2.45, 2.75) is 12.6 Å². The van der Waals surface area contributed by atoms with Crippen molar-refractivity contribution in [3.05, 3.63) is 78.3 Å². The van der Waals surface area contributed by atoms with Gasteiger partial charge in [0.05, 0.1) is 0 Å². The zero-order valence-electron chi connectivity index (χ0n) is 12.7. The topological polar surface area (TPSA) is 32.7 Å². The molecule has 0 aliphatic carbocycles. The van der Waals surface area contributed by atoms with Crippen LogP contribution in [0.5, 0.6) is 5.75 Å². The maximum Gasteiger partial charge on any atom is 0.573 e. The molecular formula is C18H13F4NO2. The molecule has 0 radical (unpaired) electrons. The van der Waals surface area contributed by atoms with Crippen LogP contribution in [-0.4, -0.2) is 17.7 Å². The molecule has 130 valence electrons. The highest BCUT2D eigenvalue weighted by Gasteiger charge is 2.31. The molecule has 0 aromatic heterocycles. The van der Waals surface area contributed by atoms with Crippen molar-refractivity contribution in [2.24, 2.45) is 0 Å². The van der Waals surface area contributed by atoms with Crippen LogP contribution in [0.15, 0.2) is 66.9 Å². The van der Waals surface area contributed by atoms with Crippen molar-refractivity contribution in [3.63, 3.8) is 0 Å². The molecule has 1 atom stereocenters. The van der Waals surface area contributed by atoms with E-state index in [0.717, 1.165) is 12.1 Å². The SMILES string of the molecule is OC1C=CC(c2cccc(F)c2)=CN1c1ccc(OC(F)(F)F)cc1. The highest BCUT2D eigenvalue weighted by Crippen LogP contribution is 2.30. The molecule has 0 fully saturated rings. The Morgan fingerprint density at radius 3 is 2.40 bits per heavy atom. The van der Waals surface area contributed by atoms with E-state index in [2.05, 4.69) is 4.74 Å². The highest BCUT2D eigenvalue weighted by atomic mass is 19.4. The first-order valence-electron chi connectivity index (χ1n) is 7.30. The molecule has 0 saturated heterocycles. The smallest absolute Gasteiger partial charge is 0.406 e. The van der Waals surface area contributed by atoms with Gasteiger partial charge in [-0.05, 0) is 53.6 Å².